The summed E-state index contributed by atoms with van der Waals surface area (Å²) in [6.07, 6.45) is 0.490. The van der Waals surface area contributed by atoms with Gasteiger partial charge in [-0.25, -0.2) is 4.68 Å². The van der Waals surface area contributed by atoms with Gasteiger partial charge in [0.15, 0.2) is 0 Å². The summed E-state index contributed by atoms with van der Waals surface area (Å²) in [6.45, 7) is 2.15. The van der Waals surface area contributed by atoms with Crippen molar-refractivity contribution in [2.24, 2.45) is 5.73 Å². The van der Waals surface area contributed by atoms with Gasteiger partial charge in [-0.3, -0.25) is 4.79 Å². The highest BCUT2D eigenvalue weighted by Crippen LogP contribution is 2.30. The Hall–Kier alpha value is -2.92. The molecule has 0 fully saturated rings. The molecule has 2 N–H and O–H groups in total. The van der Waals surface area contributed by atoms with E-state index in [1.54, 1.807) is 6.07 Å². The van der Waals surface area contributed by atoms with E-state index < -0.39 is 0 Å². The summed E-state index contributed by atoms with van der Waals surface area (Å²) in [7, 11) is 0. The lowest BCUT2D eigenvalue weighted by Crippen LogP contribution is -2.32. The zero-order valence-corrected chi connectivity index (χ0v) is 19.1. The molecule has 0 aliphatic heterocycles. The van der Waals surface area contributed by atoms with Crippen LogP contribution >= 0.6 is 23.2 Å². The predicted molar refractivity (Wildman–Crippen MR) is 131 cm³/mol. The van der Waals surface area contributed by atoms with Crippen LogP contribution in [-0.4, -0.2) is 9.78 Å². The lowest BCUT2D eigenvalue weighted by atomic mass is 9.98. The average Bonchev–Trinajstić information content (AvgIpc) is 2.80. The fourth-order valence-electron chi connectivity index (χ4n) is 3.79. The Morgan fingerprint density at radius 2 is 1.53 bits per heavy atom. The van der Waals surface area contributed by atoms with Crippen LogP contribution in [0.15, 0.2) is 83.7 Å². The zero-order chi connectivity index (χ0) is 22.7. The largest absolute Gasteiger partial charge is 0.322 e. The van der Waals surface area contributed by atoms with Gasteiger partial charge in [0.05, 0.1) is 17.8 Å². The van der Waals surface area contributed by atoms with E-state index in [0.717, 1.165) is 22.4 Å². The third-order valence-corrected chi connectivity index (χ3v) is 6.25. The fourth-order valence-corrected chi connectivity index (χ4v) is 4.22. The minimum Gasteiger partial charge on any atom is -0.322 e. The maximum Gasteiger partial charge on any atom is 0.275 e. The van der Waals surface area contributed by atoms with Crippen LogP contribution in [0, 0.1) is 6.92 Å². The van der Waals surface area contributed by atoms with Crippen molar-refractivity contribution in [3.8, 4) is 11.1 Å². The van der Waals surface area contributed by atoms with Gasteiger partial charge in [-0.1, -0.05) is 89.9 Å². The molecule has 0 saturated carbocycles. The molecule has 1 unspecified atom stereocenters. The molecule has 0 saturated heterocycles. The lowest BCUT2D eigenvalue weighted by molar-refractivity contribution is 0.497. The van der Waals surface area contributed by atoms with Gasteiger partial charge < -0.3 is 5.73 Å². The standard InChI is InChI=1S/C26H23Cl2N3O/c1-17-24(15-19-11-5-7-13-21(19)27)30-31(16-23(29)18-9-3-2-4-10-18)26(32)25(17)20-12-6-8-14-22(20)28/h2-14,23H,15-16,29H2,1H3. The number of halogens is 2. The molecule has 162 valence electrons. The third-order valence-electron chi connectivity index (χ3n) is 5.55. The number of rotatable bonds is 6. The summed E-state index contributed by atoms with van der Waals surface area (Å²) in [5, 5.41) is 5.89. The number of hydrogen-bond acceptors (Lipinski definition) is 3. The first-order valence-electron chi connectivity index (χ1n) is 10.3. The monoisotopic (exact) mass is 463 g/mol. The normalized spacial score (nSPS) is 12.0. The summed E-state index contributed by atoms with van der Waals surface area (Å²) in [5.74, 6) is 0. The van der Waals surface area contributed by atoms with Crippen LogP contribution in [0.1, 0.15) is 28.4 Å². The Bertz CT molecular complexity index is 1300. The molecule has 4 aromatic rings. The van der Waals surface area contributed by atoms with E-state index in [-0.39, 0.29) is 18.1 Å². The van der Waals surface area contributed by atoms with Gasteiger partial charge in [-0.2, -0.15) is 5.10 Å². The predicted octanol–water partition coefficient (Wildman–Crippen LogP) is 5.82. The molecule has 32 heavy (non-hydrogen) atoms. The summed E-state index contributed by atoms with van der Waals surface area (Å²) in [5.41, 5.74) is 10.8. The topological polar surface area (TPSA) is 60.9 Å². The molecule has 0 bridgehead atoms. The summed E-state index contributed by atoms with van der Waals surface area (Å²) in [6, 6.07) is 24.3. The number of nitrogens with zero attached hydrogens (tertiary/aromatic N) is 2. The van der Waals surface area contributed by atoms with E-state index in [2.05, 4.69) is 0 Å². The smallest absolute Gasteiger partial charge is 0.275 e. The van der Waals surface area contributed by atoms with Gasteiger partial charge in [-0.05, 0) is 35.7 Å². The van der Waals surface area contributed by atoms with Gasteiger partial charge in [0.1, 0.15) is 0 Å². The number of benzene rings is 3. The van der Waals surface area contributed by atoms with E-state index in [9.17, 15) is 4.79 Å². The molecule has 0 radical (unpaired) electrons. The first-order chi connectivity index (χ1) is 15.5. The number of aromatic nitrogens is 2. The number of hydrogen-bond donors (Lipinski definition) is 1. The second kappa shape index (κ2) is 9.70. The van der Waals surface area contributed by atoms with Crippen molar-refractivity contribution >= 4 is 23.2 Å². The van der Waals surface area contributed by atoms with Gasteiger partial charge in [0.25, 0.3) is 5.56 Å². The van der Waals surface area contributed by atoms with Crippen LogP contribution in [0.2, 0.25) is 10.0 Å². The molecule has 6 heteroatoms. The van der Waals surface area contributed by atoms with Crippen LogP contribution in [0.3, 0.4) is 0 Å². The van der Waals surface area contributed by atoms with Crippen molar-refractivity contribution in [2.45, 2.75) is 25.9 Å². The Kier molecular flexibility index (Phi) is 6.75. The maximum absolute atomic E-state index is 13.5. The third kappa shape index (κ3) is 4.63. The Balaban J connectivity index is 1.85. The molecule has 1 atom stereocenters. The average molecular weight is 464 g/mol. The molecule has 4 rings (SSSR count). The quantitative estimate of drug-likeness (QED) is 0.391. The van der Waals surface area contributed by atoms with E-state index in [1.165, 1.54) is 4.68 Å². The zero-order valence-electron chi connectivity index (χ0n) is 17.6. The molecule has 3 aromatic carbocycles. The van der Waals surface area contributed by atoms with Crippen LogP contribution in [0.25, 0.3) is 11.1 Å². The van der Waals surface area contributed by atoms with E-state index in [1.807, 2.05) is 79.7 Å². The van der Waals surface area contributed by atoms with Gasteiger partial charge >= 0.3 is 0 Å². The fraction of sp³-hybridized carbons (Fsp3) is 0.154. The molecule has 0 amide bonds. The van der Waals surface area contributed by atoms with Crippen molar-refractivity contribution in [3.05, 3.63) is 122 Å². The lowest BCUT2D eigenvalue weighted by Gasteiger charge is -2.18. The molecule has 1 aromatic heterocycles. The molecule has 4 nitrogen and oxygen atoms in total. The summed E-state index contributed by atoms with van der Waals surface area (Å²) < 4.78 is 1.45. The maximum atomic E-state index is 13.5. The van der Waals surface area contributed by atoms with Crippen LogP contribution in [0.4, 0.5) is 0 Å². The van der Waals surface area contributed by atoms with Gasteiger partial charge in [0, 0.05) is 28.1 Å². The van der Waals surface area contributed by atoms with Crippen LogP contribution in [-0.2, 0) is 13.0 Å². The molecular formula is C26H23Cl2N3O. The highest BCUT2D eigenvalue weighted by Gasteiger charge is 2.20. The van der Waals surface area contributed by atoms with Crippen molar-refractivity contribution in [2.75, 3.05) is 0 Å². The van der Waals surface area contributed by atoms with E-state index in [4.69, 9.17) is 34.0 Å². The second-order valence-electron chi connectivity index (χ2n) is 7.70. The van der Waals surface area contributed by atoms with Crippen LogP contribution in [0.5, 0.6) is 0 Å². The Labute approximate surface area is 197 Å². The summed E-state index contributed by atoms with van der Waals surface area (Å²) >= 11 is 12.9. The molecular weight excluding hydrogens is 441 g/mol. The summed E-state index contributed by atoms with van der Waals surface area (Å²) in [4.78, 5) is 13.5. The van der Waals surface area contributed by atoms with E-state index >= 15 is 0 Å². The first-order valence-corrected chi connectivity index (χ1v) is 11.1. The molecule has 0 spiro atoms. The van der Waals surface area contributed by atoms with Crippen molar-refractivity contribution in [1.29, 1.82) is 0 Å². The van der Waals surface area contributed by atoms with Gasteiger partial charge in [-0.15, -0.1) is 0 Å². The Morgan fingerprint density at radius 1 is 0.906 bits per heavy atom. The van der Waals surface area contributed by atoms with E-state index in [0.29, 0.717) is 27.6 Å². The van der Waals surface area contributed by atoms with Crippen molar-refractivity contribution < 1.29 is 0 Å². The molecule has 0 aliphatic carbocycles. The van der Waals surface area contributed by atoms with Gasteiger partial charge in [0.2, 0.25) is 0 Å². The molecule has 0 aliphatic rings. The minimum atomic E-state index is -0.378. The highest BCUT2D eigenvalue weighted by molar-refractivity contribution is 6.33. The van der Waals surface area contributed by atoms with Crippen molar-refractivity contribution in [3.63, 3.8) is 0 Å². The number of nitrogens with two attached hydrogens (primary N) is 1. The van der Waals surface area contributed by atoms with Crippen LogP contribution < -0.4 is 11.3 Å². The van der Waals surface area contributed by atoms with Crippen molar-refractivity contribution in [1.82, 2.24) is 9.78 Å². The second-order valence-corrected chi connectivity index (χ2v) is 8.51. The molecule has 1 heterocycles. The first kappa shape index (κ1) is 22.3. The SMILES string of the molecule is Cc1c(Cc2ccccc2Cl)nn(CC(N)c2ccccc2)c(=O)c1-c1ccccc1Cl. The Morgan fingerprint density at radius 3 is 2.22 bits per heavy atom. The highest BCUT2D eigenvalue weighted by atomic mass is 35.5. The minimum absolute atomic E-state index is 0.218.